The molecule has 0 bridgehead atoms. The van der Waals surface area contributed by atoms with Crippen LogP contribution in [0.3, 0.4) is 0 Å². The molecule has 25 heavy (non-hydrogen) atoms. The molecule has 8 heteroatoms. The monoisotopic (exact) mass is 335 g/mol. The second-order valence-electron chi connectivity index (χ2n) is 5.40. The molecule has 0 saturated heterocycles. The summed E-state index contributed by atoms with van der Waals surface area (Å²) in [7, 11) is 0. The highest BCUT2D eigenvalue weighted by atomic mass is 19.1. The first-order valence-corrected chi connectivity index (χ1v) is 7.78. The average molecular weight is 335 g/mol. The van der Waals surface area contributed by atoms with Crippen molar-refractivity contribution in [3.63, 3.8) is 0 Å². The molecular formula is C17H14FN7. The molecule has 0 amide bonds. The number of tetrazole rings is 1. The number of hydrogen-bond acceptors (Lipinski definition) is 5. The Kier molecular flexibility index (Phi) is 3.99. The Morgan fingerprint density at radius 1 is 0.960 bits per heavy atom. The molecule has 0 aliphatic rings. The summed E-state index contributed by atoms with van der Waals surface area (Å²) in [5.41, 5.74) is 1.24. The van der Waals surface area contributed by atoms with Crippen LogP contribution in [0.15, 0.2) is 60.9 Å². The van der Waals surface area contributed by atoms with Crippen LogP contribution in [0.4, 0.5) is 4.39 Å². The number of hydrogen-bond donors (Lipinski definition) is 0. The van der Waals surface area contributed by atoms with Gasteiger partial charge in [-0.05, 0) is 22.6 Å². The van der Waals surface area contributed by atoms with Crippen LogP contribution < -0.4 is 0 Å². The van der Waals surface area contributed by atoms with E-state index in [1.807, 2.05) is 30.3 Å². The molecule has 7 nitrogen and oxygen atoms in total. The first-order valence-electron chi connectivity index (χ1n) is 7.78. The number of benzene rings is 2. The standard InChI is InChI=1S/C17H14FN7/c18-14-8-4-5-9-15(14)25-16(10-11-24-12-19-22-23-24)20-17(21-25)13-6-2-1-3-7-13/h1-9,12H,10-11H2. The smallest absolute Gasteiger partial charge is 0.181 e. The largest absolute Gasteiger partial charge is 0.232 e. The average Bonchev–Trinajstić information content (AvgIpc) is 3.31. The van der Waals surface area contributed by atoms with E-state index in [4.69, 9.17) is 0 Å². The first-order chi connectivity index (χ1) is 12.3. The number of aryl methyl sites for hydroxylation is 2. The van der Waals surface area contributed by atoms with Gasteiger partial charge in [0.15, 0.2) is 5.82 Å². The van der Waals surface area contributed by atoms with Gasteiger partial charge in [-0.2, -0.15) is 0 Å². The van der Waals surface area contributed by atoms with Gasteiger partial charge in [-0.15, -0.1) is 10.2 Å². The van der Waals surface area contributed by atoms with Crippen molar-refractivity contribution in [1.29, 1.82) is 0 Å². The number of halogens is 1. The second kappa shape index (κ2) is 6.60. The highest BCUT2D eigenvalue weighted by Gasteiger charge is 2.15. The van der Waals surface area contributed by atoms with Crippen molar-refractivity contribution in [3.8, 4) is 17.1 Å². The van der Waals surface area contributed by atoms with Crippen LogP contribution in [-0.2, 0) is 13.0 Å². The molecule has 0 spiro atoms. The van der Waals surface area contributed by atoms with Gasteiger partial charge < -0.3 is 0 Å². The van der Waals surface area contributed by atoms with Crippen molar-refractivity contribution in [2.45, 2.75) is 13.0 Å². The minimum Gasteiger partial charge on any atom is -0.232 e. The lowest BCUT2D eigenvalue weighted by atomic mass is 10.2. The molecule has 0 unspecified atom stereocenters. The summed E-state index contributed by atoms with van der Waals surface area (Å²) in [5, 5.41) is 15.6. The van der Waals surface area contributed by atoms with E-state index in [0.29, 0.717) is 30.3 Å². The molecule has 2 aromatic carbocycles. The number of aromatic nitrogens is 7. The van der Waals surface area contributed by atoms with Gasteiger partial charge in [0.1, 0.15) is 23.7 Å². The highest BCUT2D eigenvalue weighted by Crippen LogP contribution is 2.20. The lowest BCUT2D eigenvalue weighted by Gasteiger charge is -2.06. The van der Waals surface area contributed by atoms with Crippen LogP contribution in [0.1, 0.15) is 5.82 Å². The quantitative estimate of drug-likeness (QED) is 0.559. The maximum absolute atomic E-state index is 14.3. The van der Waals surface area contributed by atoms with Gasteiger partial charge in [0.05, 0.1) is 6.54 Å². The highest BCUT2D eigenvalue weighted by molar-refractivity contribution is 5.54. The summed E-state index contributed by atoms with van der Waals surface area (Å²) < 4.78 is 17.4. The molecular weight excluding hydrogens is 321 g/mol. The second-order valence-corrected chi connectivity index (χ2v) is 5.40. The normalized spacial score (nSPS) is 10.9. The Morgan fingerprint density at radius 2 is 1.76 bits per heavy atom. The lowest BCUT2D eigenvalue weighted by Crippen LogP contribution is -2.09. The van der Waals surface area contributed by atoms with Gasteiger partial charge in [-0.1, -0.05) is 42.5 Å². The summed E-state index contributed by atoms with van der Waals surface area (Å²) in [6.07, 6.45) is 2.04. The van der Waals surface area contributed by atoms with E-state index in [1.165, 1.54) is 12.4 Å². The molecule has 2 aromatic heterocycles. The summed E-state index contributed by atoms with van der Waals surface area (Å²) in [6.45, 7) is 0.522. The van der Waals surface area contributed by atoms with E-state index >= 15 is 0 Å². The fourth-order valence-corrected chi connectivity index (χ4v) is 2.53. The predicted molar refractivity (Wildman–Crippen MR) is 88.3 cm³/mol. The summed E-state index contributed by atoms with van der Waals surface area (Å²) >= 11 is 0. The van der Waals surface area contributed by atoms with E-state index in [0.717, 1.165) is 5.56 Å². The van der Waals surface area contributed by atoms with Crippen molar-refractivity contribution < 1.29 is 4.39 Å². The minimum atomic E-state index is -0.351. The molecule has 0 atom stereocenters. The van der Waals surface area contributed by atoms with Gasteiger partial charge in [-0.3, -0.25) is 0 Å². The van der Waals surface area contributed by atoms with Crippen LogP contribution in [0, 0.1) is 5.82 Å². The summed E-state index contributed by atoms with van der Waals surface area (Å²) in [4.78, 5) is 4.60. The van der Waals surface area contributed by atoms with Crippen molar-refractivity contribution in [3.05, 3.63) is 72.6 Å². The van der Waals surface area contributed by atoms with E-state index < -0.39 is 0 Å². The van der Waals surface area contributed by atoms with Gasteiger partial charge in [0, 0.05) is 12.0 Å². The fourth-order valence-electron chi connectivity index (χ4n) is 2.53. The maximum atomic E-state index is 14.3. The van der Waals surface area contributed by atoms with E-state index in [-0.39, 0.29) is 5.82 Å². The molecule has 4 rings (SSSR count). The van der Waals surface area contributed by atoms with Gasteiger partial charge >= 0.3 is 0 Å². The van der Waals surface area contributed by atoms with Crippen molar-refractivity contribution in [1.82, 2.24) is 35.0 Å². The first kappa shape index (κ1) is 15.1. The zero-order valence-electron chi connectivity index (χ0n) is 13.2. The van der Waals surface area contributed by atoms with E-state index in [2.05, 4.69) is 25.6 Å². The van der Waals surface area contributed by atoms with E-state index in [1.54, 1.807) is 27.6 Å². The van der Waals surface area contributed by atoms with Crippen LogP contribution in [0.25, 0.3) is 17.1 Å². The van der Waals surface area contributed by atoms with Crippen molar-refractivity contribution >= 4 is 0 Å². The molecule has 2 heterocycles. The third-order valence-electron chi connectivity index (χ3n) is 3.74. The molecule has 0 fully saturated rings. The zero-order valence-corrected chi connectivity index (χ0v) is 13.2. The Hall–Kier alpha value is -3.42. The lowest BCUT2D eigenvalue weighted by molar-refractivity contribution is 0.562. The van der Waals surface area contributed by atoms with Crippen LogP contribution >= 0.6 is 0 Å². The van der Waals surface area contributed by atoms with Gasteiger partial charge in [0.2, 0.25) is 0 Å². The third-order valence-corrected chi connectivity index (χ3v) is 3.74. The Morgan fingerprint density at radius 3 is 2.52 bits per heavy atom. The van der Waals surface area contributed by atoms with Gasteiger partial charge in [0.25, 0.3) is 0 Å². The molecule has 4 aromatic rings. The zero-order chi connectivity index (χ0) is 17.1. The number of para-hydroxylation sites is 1. The van der Waals surface area contributed by atoms with Crippen molar-refractivity contribution in [2.75, 3.05) is 0 Å². The molecule has 0 saturated carbocycles. The maximum Gasteiger partial charge on any atom is 0.181 e. The molecule has 0 aliphatic heterocycles. The number of rotatable bonds is 5. The SMILES string of the molecule is Fc1ccccc1-n1nc(-c2ccccc2)nc1CCn1cnnn1. The summed E-state index contributed by atoms with van der Waals surface area (Å²) in [5.74, 6) is 0.839. The Labute approximate surface area is 142 Å². The van der Waals surface area contributed by atoms with E-state index in [9.17, 15) is 4.39 Å². The predicted octanol–water partition coefficient (Wildman–Crippen LogP) is 2.30. The number of nitrogens with zero attached hydrogens (tertiary/aromatic N) is 7. The minimum absolute atomic E-state index is 0.351. The molecule has 124 valence electrons. The molecule has 0 radical (unpaired) electrons. The van der Waals surface area contributed by atoms with Crippen LogP contribution in [-0.4, -0.2) is 35.0 Å². The van der Waals surface area contributed by atoms with Crippen molar-refractivity contribution in [2.24, 2.45) is 0 Å². The molecule has 0 N–H and O–H groups in total. The third kappa shape index (κ3) is 3.14. The fraction of sp³-hybridized carbons (Fsp3) is 0.118. The topological polar surface area (TPSA) is 74.3 Å². The van der Waals surface area contributed by atoms with Crippen LogP contribution in [0.5, 0.6) is 0 Å². The summed E-state index contributed by atoms with van der Waals surface area (Å²) in [6, 6.07) is 16.1. The van der Waals surface area contributed by atoms with Crippen LogP contribution in [0.2, 0.25) is 0 Å². The Bertz CT molecular complexity index is 964. The van der Waals surface area contributed by atoms with Gasteiger partial charge in [-0.25, -0.2) is 18.7 Å². The Balaban J connectivity index is 1.74. The molecule has 0 aliphatic carbocycles.